The van der Waals surface area contributed by atoms with Gasteiger partial charge >= 0.3 is 12.1 Å². The van der Waals surface area contributed by atoms with Gasteiger partial charge in [0.2, 0.25) is 0 Å². The second-order valence-corrected chi connectivity index (χ2v) is 11.9. The lowest BCUT2D eigenvalue weighted by atomic mass is 9.61. The molecule has 6 rings (SSSR count). The smallest absolute Gasteiger partial charge is 0.407 e. The number of carbonyl (C=O) groups is 2. The first-order valence-corrected chi connectivity index (χ1v) is 14.5. The normalized spacial score (nSPS) is 26.0. The number of carbonyl (C=O) groups excluding carboxylic acids is 1. The third-order valence-corrected chi connectivity index (χ3v) is 9.43. The third-order valence-electron chi connectivity index (χ3n) is 9.43. The number of hydrogen-bond acceptors (Lipinski definition) is 8. The number of carboxylic acid groups (broad SMARTS) is 1. The molecule has 2 fully saturated rings. The Balaban J connectivity index is 1.36. The molecule has 0 bridgehead atoms. The number of likely N-dealkylation sites (tertiary alicyclic amines) is 1. The lowest BCUT2D eigenvalue weighted by molar-refractivity contribution is 0.0747. The number of hydrogen-bond donors (Lipinski definition) is 1. The van der Waals surface area contributed by atoms with Gasteiger partial charge < -0.3 is 24.5 Å². The highest BCUT2D eigenvalue weighted by atomic mass is 16.5. The minimum atomic E-state index is -1.03. The lowest BCUT2D eigenvalue weighted by Gasteiger charge is -2.43. The minimum absolute atomic E-state index is 0.00126. The number of fused-ring (bicyclic) bond motifs is 2. The van der Waals surface area contributed by atoms with E-state index >= 15 is 0 Å². The Morgan fingerprint density at radius 2 is 2.05 bits per heavy atom. The molecule has 2 saturated heterocycles. The molecular formula is C31H36N6O4. The molecule has 10 nitrogen and oxygen atoms in total. The zero-order valence-corrected chi connectivity index (χ0v) is 23.5. The predicted molar refractivity (Wildman–Crippen MR) is 153 cm³/mol. The Hall–Kier alpha value is -3.97. The summed E-state index contributed by atoms with van der Waals surface area (Å²) in [7, 11) is 2.08. The molecule has 3 atom stereocenters. The summed E-state index contributed by atoms with van der Waals surface area (Å²) in [5.41, 5.74) is 3.82. The van der Waals surface area contributed by atoms with Crippen LogP contribution in [0.15, 0.2) is 30.8 Å². The Morgan fingerprint density at radius 3 is 2.80 bits per heavy atom. The van der Waals surface area contributed by atoms with E-state index < -0.39 is 17.6 Å². The van der Waals surface area contributed by atoms with E-state index in [4.69, 9.17) is 14.7 Å². The predicted octanol–water partition coefficient (Wildman–Crippen LogP) is 3.81. The average molecular weight is 557 g/mol. The quantitative estimate of drug-likeness (QED) is 0.586. The highest BCUT2D eigenvalue weighted by Gasteiger charge is 2.48. The number of likely N-dealkylation sites (N-methyl/N-ethyl adjacent to an activating group) is 1. The van der Waals surface area contributed by atoms with Crippen molar-refractivity contribution in [2.24, 2.45) is 5.41 Å². The Bertz CT molecular complexity index is 1440. The molecule has 41 heavy (non-hydrogen) atoms. The number of piperazine rings is 1. The number of amides is 1. The first-order chi connectivity index (χ1) is 19.8. The zero-order chi connectivity index (χ0) is 28.7. The van der Waals surface area contributed by atoms with Crippen LogP contribution in [0.1, 0.15) is 59.3 Å². The molecule has 1 aromatic heterocycles. The maximum Gasteiger partial charge on any atom is 0.407 e. The fraction of sp³-hybridized carbons (Fsp3) is 0.516. The molecule has 0 radical (unpaired) electrons. The van der Waals surface area contributed by atoms with Gasteiger partial charge in [0.1, 0.15) is 18.1 Å². The molecule has 1 aromatic carbocycles. The van der Waals surface area contributed by atoms with Gasteiger partial charge in [-0.25, -0.2) is 4.79 Å². The summed E-state index contributed by atoms with van der Waals surface area (Å²) in [5, 5.41) is 19.1. The summed E-state index contributed by atoms with van der Waals surface area (Å²) in [6.07, 6.45) is 3.71. The topological polar surface area (TPSA) is 123 Å². The van der Waals surface area contributed by atoms with Crippen molar-refractivity contribution in [2.45, 2.75) is 57.0 Å². The van der Waals surface area contributed by atoms with Crippen molar-refractivity contribution < 1.29 is 19.4 Å². The van der Waals surface area contributed by atoms with Crippen LogP contribution in [-0.4, -0.2) is 88.7 Å². The number of rotatable bonds is 5. The molecule has 1 amide bonds. The molecule has 1 spiro atoms. The Kier molecular flexibility index (Phi) is 7.16. The molecule has 0 saturated carbocycles. The largest absolute Gasteiger partial charge is 0.465 e. The number of ether oxygens (including phenoxy) is 1. The molecule has 2 aliphatic heterocycles. The van der Waals surface area contributed by atoms with Gasteiger partial charge in [-0.2, -0.15) is 15.2 Å². The number of anilines is 1. The first kappa shape index (κ1) is 27.2. The van der Waals surface area contributed by atoms with Crippen molar-refractivity contribution >= 4 is 23.3 Å². The summed E-state index contributed by atoms with van der Waals surface area (Å²) in [4.78, 5) is 41.4. The molecule has 214 valence electrons. The SMILES string of the molecule is C=C1C[C@@]2(CCc3c(nc(OC[C@@H]4CCCN4C)nc3N3CCN(C(=O)O)[C@@H](CC#N)C3)C2=O)Cc2ccccc21. The van der Waals surface area contributed by atoms with Crippen molar-refractivity contribution in [3.63, 3.8) is 0 Å². The maximum atomic E-state index is 14.4. The van der Waals surface area contributed by atoms with Gasteiger partial charge in [0.15, 0.2) is 5.78 Å². The second-order valence-electron chi connectivity index (χ2n) is 11.9. The van der Waals surface area contributed by atoms with Crippen LogP contribution in [-0.2, 0) is 12.8 Å². The second kappa shape index (κ2) is 10.8. The van der Waals surface area contributed by atoms with Crippen LogP contribution in [0, 0.1) is 16.7 Å². The van der Waals surface area contributed by atoms with E-state index in [-0.39, 0.29) is 30.8 Å². The summed E-state index contributed by atoms with van der Waals surface area (Å²) < 4.78 is 6.18. The summed E-state index contributed by atoms with van der Waals surface area (Å²) >= 11 is 0. The van der Waals surface area contributed by atoms with Crippen LogP contribution in [0.3, 0.4) is 0 Å². The van der Waals surface area contributed by atoms with Crippen molar-refractivity contribution in [2.75, 3.05) is 44.7 Å². The van der Waals surface area contributed by atoms with Crippen molar-refractivity contribution in [1.29, 1.82) is 5.26 Å². The molecule has 2 aromatic rings. The molecule has 2 aliphatic carbocycles. The van der Waals surface area contributed by atoms with Gasteiger partial charge in [0.05, 0.1) is 18.5 Å². The number of benzene rings is 1. The van der Waals surface area contributed by atoms with Gasteiger partial charge in [-0.1, -0.05) is 30.8 Å². The molecular weight excluding hydrogens is 520 g/mol. The highest BCUT2D eigenvalue weighted by molar-refractivity contribution is 6.04. The van der Waals surface area contributed by atoms with Crippen molar-refractivity contribution in [1.82, 2.24) is 19.8 Å². The Labute approximate surface area is 240 Å². The fourth-order valence-corrected chi connectivity index (χ4v) is 7.15. The van der Waals surface area contributed by atoms with E-state index in [2.05, 4.69) is 36.7 Å². The average Bonchev–Trinajstić information content (AvgIpc) is 3.38. The van der Waals surface area contributed by atoms with Crippen LogP contribution < -0.4 is 9.64 Å². The van der Waals surface area contributed by atoms with Gasteiger partial charge in [-0.15, -0.1) is 0 Å². The standard InChI is InChI=1S/C31H36N6O4/c1-20-16-31(17-21-6-3-4-8-24(20)21)11-9-25-26(27(31)38)33-29(41-19-23-7-5-13-35(23)2)34-28(25)36-14-15-37(30(39)40)22(18-36)10-12-32/h3-4,6,8,22-23H,1,5,7,9-11,13-19H2,2H3,(H,39,40)/t22-,23-,31-/m0/s1. The molecule has 3 heterocycles. The molecule has 10 heteroatoms. The lowest BCUT2D eigenvalue weighted by Crippen LogP contribution is -2.55. The van der Waals surface area contributed by atoms with E-state index in [1.807, 2.05) is 17.0 Å². The molecule has 1 N–H and O–H groups in total. The van der Waals surface area contributed by atoms with E-state index in [1.54, 1.807) is 0 Å². The summed E-state index contributed by atoms with van der Waals surface area (Å²) in [6.45, 7) is 6.76. The monoisotopic (exact) mass is 556 g/mol. The third kappa shape index (κ3) is 4.93. The van der Waals surface area contributed by atoms with Gasteiger partial charge in [-0.3, -0.25) is 4.79 Å². The number of nitriles is 1. The summed E-state index contributed by atoms with van der Waals surface area (Å²) in [5.74, 6) is 0.620. The summed E-state index contributed by atoms with van der Waals surface area (Å²) in [6, 6.07) is 10.3. The van der Waals surface area contributed by atoms with Crippen LogP contribution in [0.4, 0.5) is 10.6 Å². The number of allylic oxidation sites excluding steroid dienone is 1. The van der Waals surface area contributed by atoms with E-state index in [9.17, 15) is 20.0 Å². The van der Waals surface area contributed by atoms with Crippen molar-refractivity contribution in [3.05, 3.63) is 53.2 Å². The van der Waals surface area contributed by atoms with Crippen LogP contribution >= 0.6 is 0 Å². The number of aromatic nitrogens is 2. The number of nitrogens with zero attached hydrogens (tertiary/aromatic N) is 6. The molecule has 0 unspecified atom stereocenters. The van der Waals surface area contributed by atoms with Crippen LogP contribution in [0.5, 0.6) is 6.01 Å². The fourth-order valence-electron chi connectivity index (χ4n) is 7.15. The van der Waals surface area contributed by atoms with E-state index in [0.29, 0.717) is 56.9 Å². The number of Topliss-reactive ketones (excluding diaryl/α,β-unsaturated/α-hetero) is 1. The number of ketones is 1. The molecule has 4 aliphatic rings. The van der Waals surface area contributed by atoms with E-state index in [0.717, 1.165) is 41.6 Å². The van der Waals surface area contributed by atoms with Crippen LogP contribution in [0.25, 0.3) is 5.57 Å². The van der Waals surface area contributed by atoms with Gasteiger partial charge in [-0.05, 0) is 68.8 Å². The maximum absolute atomic E-state index is 14.4. The van der Waals surface area contributed by atoms with E-state index in [1.165, 1.54) is 4.90 Å². The Morgan fingerprint density at radius 1 is 1.22 bits per heavy atom. The zero-order valence-electron chi connectivity index (χ0n) is 23.5. The van der Waals surface area contributed by atoms with Gasteiger partial charge in [0.25, 0.3) is 0 Å². The highest BCUT2D eigenvalue weighted by Crippen LogP contribution is 2.49. The minimum Gasteiger partial charge on any atom is -0.465 e. The van der Waals surface area contributed by atoms with Crippen LogP contribution in [0.2, 0.25) is 0 Å². The first-order valence-electron chi connectivity index (χ1n) is 14.5. The van der Waals surface area contributed by atoms with Crippen molar-refractivity contribution in [3.8, 4) is 12.1 Å². The van der Waals surface area contributed by atoms with Gasteiger partial charge in [0, 0.05) is 36.7 Å².